The number of ether oxygens (including phenoxy) is 1. The lowest BCUT2D eigenvalue weighted by Gasteiger charge is -2.35. The molecule has 1 aromatic carbocycles. The fourth-order valence-electron chi connectivity index (χ4n) is 3.89. The number of likely N-dealkylation sites (N-methyl/N-ethyl adjacent to an activating group) is 1. The molecule has 1 aromatic rings. The predicted octanol–water partition coefficient (Wildman–Crippen LogP) is 1.68. The minimum absolute atomic E-state index is 0.202. The van der Waals surface area contributed by atoms with Gasteiger partial charge in [-0.3, -0.25) is 4.90 Å². The summed E-state index contributed by atoms with van der Waals surface area (Å²) in [7, 11) is 3.86. The second-order valence-electron chi connectivity index (χ2n) is 6.48. The normalized spacial score (nSPS) is 31.0. The van der Waals surface area contributed by atoms with Crippen molar-refractivity contribution in [2.45, 2.75) is 38.0 Å². The second kappa shape index (κ2) is 5.95. The van der Waals surface area contributed by atoms with Gasteiger partial charge in [0.25, 0.3) is 0 Å². The third-order valence-corrected chi connectivity index (χ3v) is 4.99. The molecule has 3 rings (SSSR count). The van der Waals surface area contributed by atoms with Crippen LogP contribution in [0, 0.1) is 0 Å². The van der Waals surface area contributed by atoms with Gasteiger partial charge in [-0.05, 0) is 56.6 Å². The van der Waals surface area contributed by atoms with Crippen molar-refractivity contribution >= 4 is 0 Å². The molecule has 1 N–H and O–H groups in total. The van der Waals surface area contributed by atoms with E-state index in [1.54, 1.807) is 7.11 Å². The summed E-state index contributed by atoms with van der Waals surface area (Å²) in [5.74, 6) is 0.831. The first kappa shape index (κ1) is 14.8. The van der Waals surface area contributed by atoms with E-state index < -0.39 is 6.10 Å². The molecule has 1 aliphatic heterocycles. The van der Waals surface area contributed by atoms with Crippen LogP contribution in [0.3, 0.4) is 0 Å². The summed E-state index contributed by atoms with van der Waals surface area (Å²) in [6.07, 6.45) is 1.71. The lowest BCUT2D eigenvalue weighted by atomic mass is 10.1. The molecule has 2 aliphatic rings. The highest BCUT2D eigenvalue weighted by Crippen LogP contribution is 2.37. The molecule has 1 fully saturated rings. The molecule has 0 amide bonds. The van der Waals surface area contributed by atoms with Crippen LogP contribution < -0.4 is 4.74 Å². The van der Waals surface area contributed by atoms with Crippen LogP contribution in [0.4, 0.5) is 0 Å². The molecule has 0 bridgehead atoms. The highest BCUT2D eigenvalue weighted by molar-refractivity contribution is 5.42. The molecule has 1 saturated heterocycles. The van der Waals surface area contributed by atoms with Crippen LogP contribution >= 0.6 is 0 Å². The number of hydrogen-bond acceptors (Lipinski definition) is 4. The first-order valence-electron chi connectivity index (χ1n) is 7.89. The minimum Gasteiger partial charge on any atom is -0.497 e. The Labute approximate surface area is 127 Å². The maximum absolute atomic E-state index is 10.8. The van der Waals surface area contributed by atoms with Crippen molar-refractivity contribution in [1.82, 2.24) is 9.80 Å². The van der Waals surface area contributed by atoms with E-state index in [2.05, 4.69) is 29.8 Å². The second-order valence-corrected chi connectivity index (χ2v) is 6.48. The van der Waals surface area contributed by atoms with Gasteiger partial charge in [0.2, 0.25) is 0 Å². The van der Waals surface area contributed by atoms with Crippen molar-refractivity contribution in [1.29, 1.82) is 0 Å². The molecule has 116 valence electrons. The lowest BCUT2D eigenvalue weighted by Crippen LogP contribution is -2.46. The van der Waals surface area contributed by atoms with Gasteiger partial charge in [0, 0.05) is 25.2 Å². The highest BCUT2D eigenvalue weighted by atomic mass is 16.5. The van der Waals surface area contributed by atoms with Crippen molar-refractivity contribution in [3.63, 3.8) is 0 Å². The van der Waals surface area contributed by atoms with Crippen LogP contribution in [0.1, 0.15) is 30.6 Å². The van der Waals surface area contributed by atoms with Crippen molar-refractivity contribution in [3.8, 4) is 5.75 Å². The highest BCUT2D eigenvalue weighted by Gasteiger charge is 2.37. The Hall–Kier alpha value is -1.10. The van der Waals surface area contributed by atoms with Gasteiger partial charge in [0.15, 0.2) is 0 Å². The monoisotopic (exact) mass is 290 g/mol. The van der Waals surface area contributed by atoms with Gasteiger partial charge in [-0.1, -0.05) is 6.07 Å². The quantitative estimate of drug-likeness (QED) is 0.899. The Morgan fingerprint density at radius 3 is 2.86 bits per heavy atom. The van der Waals surface area contributed by atoms with E-state index in [0.29, 0.717) is 6.04 Å². The molecular weight excluding hydrogens is 264 g/mol. The smallest absolute Gasteiger partial charge is 0.119 e. The van der Waals surface area contributed by atoms with Crippen LogP contribution in [0.2, 0.25) is 0 Å². The summed E-state index contributed by atoms with van der Waals surface area (Å²) >= 11 is 0. The first-order chi connectivity index (χ1) is 10.1. The van der Waals surface area contributed by atoms with Gasteiger partial charge >= 0.3 is 0 Å². The van der Waals surface area contributed by atoms with Gasteiger partial charge < -0.3 is 14.7 Å². The lowest BCUT2D eigenvalue weighted by molar-refractivity contribution is 0.0396. The summed E-state index contributed by atoms with van der Waals surface area (Å²) in [5.41, 5.74) is 2.31. The number of nitrogens with zero attached hydrogens (tertiary/aromatic N) is 2. The molecule has 0 radical (unpaired) electrons. The summed E-state index contributed by atoms with van der Waals surface area (Å²) in [5, 5.41) is 10.8. The predicted molar refractivity (Wildman–Crippen MR) is 83.7 cm³/mol. The van der Waals surface area contributed by atoms with Crippen LogP contribution in [0.15, 0.2) is 18.2 Å². The Balaban J connectivity index is 1.81. The molecule has 4 nitrogen and oxygen atoms in total. The van der Waals surface area contributed by atoms with Crippen LogP contribution in [-0.4, -0.2) is 60.8 Å². The van der Waals surface area contributed by atoms with E-state index in [1.807, 2.05) is 12.1 Å². The summed E-state index contributed by atoms with van der Waals surface area (Å²) in [6, 6.07) is 6.77. The summed E-state index contributed by atoms with van der Waals surface area (Å²) in [4.78, 5) is 4.89. The molecule has 1 heterocycles. The topological polar surface area (TPSA) is 35.9 Å². The molecule has 3 atom stereocenters. The number of aliphatic hydroxyl groups excluding tert-OH is 1. The van der Waals surface area contributed by atoms with Crippen LogP contribution in [0.5, 0.6) is 5.75 Å². The number of methoxy groups -OCH3 is 1. The Morgan fingerprint density at radius 2 is 2.10 bits per heavy atom. The number of fused-ring (bicyclic) bond motifs is 1. The zero-order valence-corrected chi connectivity index (χ0v) is 13.2. The Morgan fingerprint density at radius 1 is 1.29 bits per heavy atom. The number of rotatable bonds is 2. The van der Waals surface area contributed by atoms with Crippen molar-refractivity contribution in [2.24, 2.45) is 0 Å². The van der Waals surface area contributed by atoms with E-state index in [0.717, 1.165) is 37.4 Å². The molecule has 0 aromatic heterocycles. The van der Waals surface area contributed by atoms with Gasteiger partial charge in [0.05, 0.1) is 13.2 Å². The molecule has 21 heavy (non-hydrogen) atoms. The zero-order chi connectivity index (χ0) is 15.0. The minimum atomic E-state index is -0.402. The summed E-state index contributed by atoms with van der Waals surface area (Å²) < 4.78 is 5.29. The average Bonchev–Trinajstić information content (AvgIpc) is 2.69. The SMILES string of the molecule is COc1ccc2c(c1)C(O)C(N1CCCN(C)CC1C)C2. The molecule has 1 aliphatic carbocycles. The molecule has 0 saturated carbocycles. The fraction of sp³-hybridized carbons (Fsp3) is 0.647. The maximum atomic E-state index is 10.8. The van der Waals surface area contributed by atoms with E-state index in [1.165, 1.54) is 12.0 Å². The summed E-state index contributed by atoms with van der Waals surface area (Å²) in [6.45, 7) is 5.56. The van der Waals surface area contributed by atoms with Crippen LogP contribution in [0.25, 0.3) is 0 Å². The van der Waals surface area contributed by atoms with Gasteiger partial charge in [-0.25, -0.2) is 0 Å². The van der Waals surface area contributed by atoms with Crippen molar-refractivity contribution in [2.75, 3.05) is 33.8 Å². The molecule has 4 heteroatoms. The number of hydrogen-bond donors (Lipinski definition) is 1. The number of aliphatic hydroxyl groups is 1. The largest absolute Gasteiger partial charge is 0.497 e. The maximum Gasteiger partial charge on any atom is 0.119 e. The van der Waals surface area contributed by atoms with Gasteiger partial charge in [-0.15, -0.1) is 0 Å². The van der Waals surface area contributed by atoms with Crippen molar-refractivity contribution < 1.29 is 9.84 Å². The average molecular weight is 290 g/mol. The third-order valence-electron chi connectivity index (χ3n) is 4.99. The van der Waals surface area contributed by atoms with E-state index >= 15 is 0 Å². The van der Waals surface area contributed by atoms with Gasteiger partial charge in [-0.2, -0.15) is 0 Å². The molecule has 3 unspecified atom stereocenters. The Bertz CT molecular complexity index is 506. The zero-order valence-electron chi connectivity index (χ0n) is 13.2. The molecular formula is C17H26N2O2. The Kier molecular flexibility index (Phi) is 4.20. The number of benzene rings is 1. The van der Waals surface area contributed by atoms with E-state index in [9.17, 15) is 5.11 Å². The van der Waals surface area contributed by atoms with E-state index in [-0.39, 0.29) is 6.04 Å². The first-order valence-corrected chi connectivity index (χ1v) is 7.89. The molecule has 0 spiro atoms. The van der Waals surface area contributed by atoms with E-state index in [4.69, 9.17) is 4.74 Å². The standard InChI is InChI=1S/C17H26N2O2/c1-12-11-18(2)7-4-8-19(12)16-9-13-5-6-14(21-3)10-15(13)17(16)20/h5-6,10,12,16-17,20H,4,7-9,11H2,1-3H3. The third kappa shape index (κ3) is 2.80. The van der Waals surface area contributed by atoms with Crippen LogP contribution in [-0.2, 0) is 6.42 Å². The van der Waals surface area contributed by atoms with Crippen molar-refractivity contribution in [3.05, 3.63) is 29.3 Å². The fourth-order valence-corrected chi connectivity index (χ4v) is 3.89. The van der Waals surface area contributed by atoms with Gasteiger partial charge in [0.1, 0.15) is 5.75 Å².